The van der Waals surface area contributed by atoms with E-state index in [0.29, 0.717) is 5.92 Å². The van der Waals surface area contributed by atoms with Crippen molar-refractivity contribution in [1.82, 2.24) is 0 Å². The number of esters is 1. The number of allylic oxidation sites excluding steroid dienone is 1. The molecule has 0 aromatic heterocycles. The standard InChI is InChI=1S/C11H18O2/c1-4-6-9-7-5-8-11(9,2)10(12)13-3/h4,9H,1,5-8H2,2-3H3/t9-,11-/m1/s1. The van der Waals surface area contributed by atoms with Gasteiger partial charge in [0.05, 0.1) is 12.5 Å². The van der Waals surface area contributed by atoms with Gasteiger partial charge in [-0.15, -0.1) is 6.58 Å². The molecular weight excluding hydrogens is 164 g/mol. The zero-order valence-electron chi connectivity index (χ0n) is 8.51. The summed E-state index contributed by atoms with van der Waals surface area (Å²) in [7, 11) is 1.47. The van der Waals surface area contributed by atoms with Crippen molar-refractivity contribution in [2.24, 2.45) is 11.3 Å². The number of carbonyl (C=O) groups is 1. The molecule has 1 saturated carbocycles. The first-order chi connectivity index (χ1) is 6.15. The van der Waals surface area contributed by atoms with Crippen molar-refractivity contribution in [3.63, 3.8) is 0 Å². The molecule has 2 heteroatoms. The molecule has 0 N–H and O–H groups in total. The third-order valence-electron chi connectivity index (χ3n) is 3.25. The third-order valence-corrected chi connectivity index (χ3v) is 3.25. The van der Waals surface area contributed by atoms with E-state index in [2.05, 4.69) is 6.58 Å². The molecule has 2 atom stereocenters. The van der Waals surface area contributed by atoms with Gasteiger partial charge < -0.3 is 4.74 Å². The summed E-state index contributed by atoms with van der Waals surface area (Å²) < 4.78 is 4.84. The minimum atomic E-state index is -0.261. The van der Waals surface area contributed by atoms with Crippen LogP contribution in [-0.2, 0) is 9.53 Å². The van der Waals surface area contributed by atoms with Crippen molar-refractivity contribution in [3.05, 3.63) is 12.7 Å². The van der Waals surface area contributed by atoms with Crippen LogP contribution < -0.4 is 0 Å². The Morgan fingerprint density at radius 1 is 1.77 bits per heavy atom. The first-order valence-electron chi connectivity index (χ1n) is 4.84. The molecule has 0 radical (unpaired) electrons. The Labute approximate surface area is 80.0 Å². The molecule has 0 unspecified atom stereocenters. The highest BCUT2D eigenvalue weighted by Gasteiger charge is 2.44. The lowest BCUT2D eigenvalue weighted by Crippen LogP contribution is -2.32. The molecule has 74 valence electrons. The number of ether oxygens (including phenoxy) is 1. The van der Waals surface area contributed by atoms with Crippen molar-refractivity contribution in [1.29, 1.82) is 0 Å². The third kappa shape index (κ3) is 1.77. The second kappa shape index (κ2) is 3.95. The van der Waals surface area contributed by atoms with Gasteiger partial charge in [0.2, 0.25) is 0 Å². The molecule has 0 bridgehead atoms. The lowest BCUT2D eigenvalue weighted by Gasteiger charge is -2.27. The molecule has 1 aliphatic carbocycles. The van der Waals surface area contributed by atoms with E-state index in [1.54, 1.807) is 0 Å². The topological polar surface area (TPSA) is 26.3 Å². The highest BCUT2D eigenvalue weighted by molar-refractivity contribution is 5.77. The fraction of sp³-hybridized carbons (Fsp3) is 0.727. The number of hydrogen-bond acceptors (Lipinski definition) is 2. The van der Waals surface area contributed by atoms with E-state index in [4.69, 9.17) is 4.74 Å². The van der Waals surface area contributed by atoms with Crippen LogP contribution in [0.25, 0.3) is 0 Å². The van der Waals surface area contributed by atoms with Crippen LogP contribution in [-0.4, -0.2) is 13.1 Å². The van der Waals surface area contributed by atoms with Crippen LogP contribution in [0.4, 0.5) is 0 Å². The summed E-state index contributed by atoms with van der Waals surface area (Å²) in [4.78, 5) is 11.6. The molecule has 0 aliphatic heterocycles. The van der Waals surface area contributed by atoms with E-state index >= 15 is 0 Å². The number of rotatable bonds is 3. The van der Waals surface area contributed by atoms with Crippen LogP contribution >= 0.6 is 0 Å². The lowest BCUT2D eigenvalue weighted by atomic mass is 9.78. The average molecular weight is 182 g/mol. The van der Waals surface area contributed by atoms with Gasteiger partial charge in [0.15, 0.2) is 0 Å². The maximum Gasteiger partial charge on any atom is 0.311 e. The van der Waals surface area contributed by atoms with Gasteiger partial charge >= 0.3 is 5.97 Å². The van der Waals surface area contributed by atoms with E-state index in [0.717, 1.165) is 25.7 Å². The first-order valence-corrected chi connectivity index (χ1v) is 4.84. The van der Waals surface area contributed by atoms with E-state index in [1.807, 2.05) is 13.0 Å². The zero-order valence-corrected chi connectivity index (χ0v) is 8.51. The number of methoxy groups -OCH3 is 1. The Bertz CT molecular complexity index is 210. The maximum atomic E-state index is 11.6. The van der Waals surface area contributed by atoms with Crippen molar-refractivity contribution >= 4 is 5.97 Å². The van der Waals surface area contributed by atoms with Gasteiger partial charge in [-0.2, -0.15) is 0 Å². The van der Waals surface area contributed by atoms with Crippen molar-refractivity contribution in [2.45, 2.75) is 32.6 Å². The summed E-state index contributed by atoms with van der Waals surface area (Å²) in [6.45, 7) is 5.74. The Hall–Kier alpha value is -0.790. The van der Waals surface area contributed by atoms with Gasteiger partial charge in [0.1, 0.15) is 0 Å². The molecule has 0 heterocycles. The molecule has 0 aromatic rings. The zero-order chi connectivity index (χ0) is 9.90. The summed E-state index contributed by atoms with van der Waals surface area (Å²) in [6.07, 6.45) is 6.03. The van der Waals surface area contributed by atoms with Gasteiger partial charge in [-0.1, -0.05) is 12.5 Å². The Morgan fingerprint density at radius 2 is 2.46 bits per heavy atom. The fourth-order valence-corrected chi connectivity index (χ4v) is 2.32. The minimum absolute atomic E-state index is 0.0585. The first kappa shape index (κ1) is 10.3. The smallest absolute Gasteiger partial charge is 0.311 e. The quantitative estimate of drug-likeness (QED) is 0.495. The van der Waals surface area contributed by atoms with Crippen LogP contribution in [0.15, 0.2) is 12.7 Å². The summed E-state index contributed by atoms with van der Waals surface area (Å²) in [5, 5.41) is 0. The normalized spacial score (nSPS) is 32.9. The maximum absolute atomic E-state index is 11.6. The van der Waals surface area contributed by atoms with Crippen LogP contribution in [0.5, 0.6) is 0 Å². The van der Waals surface area contributed by atoms with Crippen LogP contribution in [0.2, 0.25) is 0 Å². The number of hydrogen-bond donors (Lipinski definition) is 0. The van der Waals surface area contributed by atoms with Crippen LogP contribution in [0.1, 0.15) is 32.6 Å². The molecule has 1 aliphatic rings. The Kier molecular flexibility index (Phi) is 3.12. The Morgan fingerprint density at radius 3 is 3.00 bits per heavy atom. The molecule has 13 heavy (non-hydrogen) atoms. The van der Waals surface area contributed by atoms with Gasteiger partial charge in [-0.25, -0.2) is 0 Å². The predicted octanol–water partition coefficient (Wildman–Crippen LogP) is 2.54. The van der Waals surface area contributed by atoms with Crippen LogP contribution in [0.3, 0.4) is 0 Å². The van der Waals surface area contributed by atoms with E-state index in [-0.39, 0.29) is 11.4 Å². The second-order valence-corrected chi connectivity index (χ2v) is 4.02. The predicted molar refractivity (Wildman–Crippen MR) is 52.3 cm³/mol. The molecule has 0 spiro atoms. The second-order valence-electron chi connectivity index (χ2n) is 4.02. The molecule has 0 amide bonds. The highest BCUT2D eigenvalue weighted by Crippen LogP contribution is 2.45. The van der Waals surface area contributed by atoms with Crippen LogP contribution in [0, 0.1) is 11.3 Å². The van der Waals surface area contributed by atoms with Gasteiger partial charge in [0, 0.05) is 0 Å². The van der Waals surface area contributed by atoms with Crippen molar-refractivity contribution in [3.8, 4) is 0 Å². The molecular formula is C11H18O2. The largest absolute Gasteiger partial charge is 0.469 e. The fourth-order valence-electron chi connectivity index (χ4n) is 2.32. The van der Waals surface area contributed by atoms with Gasteiger partial charge in [-0.3, -0.25) is 4.79 Å². The molecule has 0 aromatic carbocycles. The minimum Gasteiger partial charge on any atom is -0.469 e. The summed E-state index contributed by atoms with van der Waals surface area (Å²) in [5.74, 6) is 0.370. The highest BCUT2D eigenvalue weighted by atomic mass is 16.5. The summed E-state index contributed by atoms with van der Waals surface area (Å²) >= 11 is 0. The monoisotopic (exact) mass is 182 g/mol. The number of carbonyl (C=O) groups excluding carboxylic acids is 1. The summed E-state index contributed by atoms with van der Waals surface area (Å²) in [6, 6.07) is 0. The van der Waals surface area contributed by atoms with Gasteiger partial charge in [-0.05, 0) is 32.1 Å². The van der Waals surface area contributed by atoms with Crippen molar-refractivity contribution < 1.29 is 9.53 Å². The SMILES string of the molecule is C=CC[C@@H]1CCC[C@@]1(C)C(=O)OC. The molecule has 1 rings (SSSR count). The summed E-state index contributed by atoms with van der Waals surface area (Å²) in [5.41, 5.74) is -0.261. The average Bonchev–Trinajstić information content (AvgIpc) is 2.49. The lowest BCUT2D eigenvalue weighted by molar-refractivity contribution is -0.153. The molecule has 0 saturated heterocycles. The Balaban J connectivity index is 2.74. The van der Waals surface area contributed by atoms with E-state index in [1.165, 1.54) is 7.11 Å². The van der Waals surface area contributed by atoms with E-state index in [9.17, 15) is 4.79 Å². The van der Waals surface area contributed by atoms with Gasteiger partial charge in [0.25, 0.3) is 0 Å². The van der Waals surface area contributed by atoms with E-state index < -0.39 is 0 Å². The molecule has 1 fully saturated rings. The molecule has 2 nitrogen and oxygen atoms in total. The van der Waals surface area contributed by atoms with Crippen molar-refractivity contribution in [2.75, 3.05) is 7.11 Å².